The number of nitrogens with zero attached hydrogens (tertiary/aromatic N) is 4. The van der Waals surface area contributed by atoms with Crippen LogP contribution in [-0.4, -0.2) is 83.5 Å². The summed E-state index contributed by atoms with van der Waals surface area (Å²) >= 11 is 1.44. The molecule has 0 radical (unpaired) electrons. The standard InChI is InChI=1S/C24H30N4O4S/c1-26(2)18-7-5-17(6-8-18)23(29)28(12-11-27-13-15-32-16-14-27)24-25-21-19(30-3)9-10-20(31-4)22(21)33-24/h5-10H,11-16H2,1-4H3. The summed E-state index contributed by atoms with van der Waals surface area (Å²) in [5, 5.41) is 0.628. The topological polar surface area (TPSA) is 67.4 Å². The van der Waals surface area contributed by atoms with Crippen molar-refractivity contribution >= 4 is 38.3 Å². The molecule has 0 unspecified atom stereocenters. The summed E-state index contributed by atoms with van der Waals surface area (Å²) < 4.78 is 17.4. The van der Waals surface area contributed by atoms with Crippen molar-refractivity contribution in [3.63, 3.8) is 0 Å². The Bertz CT molecular complexity index is 1050. The number of morpholine rings is 1. The average molecular weight is 471 g/mol. The minimum Gasteiger partial charge on any atom is -0.495 e. The van der Waals surface area contributed by atoms with Crippen molar-refractivity contribution in [2.24, 2.45) is 0 Å². The number of aromatic nitrogens is 1. The average Bonchev–Trinajstić information content (AvgIpc) is 3.29. The van der Waals surface area contributed by atoms with E-state index in [0.29, 0.717) is 34.3 Å². The molecule has 4 rings (SSSR count). The predicted molar refractivity (Wildman–Crippen MR) is 132 cm³/mol. The fourth-order valence-electron chi connectivity index (χ4n) is 3.80. The molecular formula is C24H30N4O4S. The highest BCUT2D eigenvalue weighted by molar-refractivity contribution is 7.22. The molecule has 9 heteroatoms. The van der Waals surface area contributed by atoms with Gasteiger partial charge in [-0.25, -0.2) is 4.98 Å². The molecule has 1 fully saturated rings. The minimum atomic E-state index is -0.0782. The first-order chi connectivity index (χ1) is 16.0. The number of thiazole rings is 1. The van der Waals surface area contributed by atoms with Crippen molar-refractivity contribution in [3.8, 4) is 11.5 Å². The Kier molecular flexibility index (Phi) is 7.32. The van der Waals surface area contributed by atoms with Crippen LogP contribution in [0.5, 0.6) is 11.5 Å². The van der Waals surface area contributed by atoms with Gasteiger partial charge in [-0.2, -0.15) is 0 Å². The number of anilines is 2. The van der Waals surface area contributed by atoms with Crippen molar-refractivity contribution in [2.45, 2.75) is 0 Å². The fraction of sp³-hybridized carbons (Fsp3) is 0.417. The van der Waals surface area contributed by atoms with Crippen molar-refractivity contribution in [2.75, 3.05) is 77.5 Å². The second-order valence-corrected chi connectivity index (χ2v) is 8.97. The van der Waals surface area contributed by atoms with E-state index in [9.17, 15) is 4.79 Å². The second kappa shape index (κ2) is 10.4. The lowest BCUT2D eigenvalue weighted by atomic mass is 10.1. The van der Waals surface area contributed by atoms with Gasteiger partial charge < -0.3 is 19.1 Å². The third-order valence-electron chi connectivity index (χ3n) is 5.75. The zero-order chi connectivity index (χ0) is 23.4. The Morgan fingerprint density at radius 2 is 1.73 bits per heavy atom. The lowest BCUT2D eigenvalue weighted by Crippen LogP contribution is -2.43. The van der Waals surface area contributed by atoms with Gasteiger partial charge in [-0.3, -0.25) is 14.6 Å². The summed E-state index contributed by atoms with van der Waals surface area (Å²) in [6.45, 7) is 4.43. The summed E-state index contributed by atoms with van der Waals surface area (Å²) in [4.78, 5) is 24.6. The number of carbonyl (C=O) groups is 1. The van der Waals surface area contributed by atoms with Gasteiger partial charge in [0.1, 0.15) is 21.7 Å². The first-order valence-corrected chi connectivity index (χ1v) is 11.7. The SMILES string of the molecule is COc1ccc(OC)c2sc(N(CCN3CCOCC3)C(=O)c3ccc(N(C)C)cc3)nc12. The van der Waals surface area contributed by atoms with Gasteiger partial charge in [-0.15, -0.1) is 0 Å². The van der Waals surface area contributed by atoms with Gasteiger partial charge >= 0.3 is 0 Å². The van der Waals surface area contributed by atoms with E-state index >= 15 is 0 Å². The van der Waals surface area contributed by atoms with E-state index in [1.807, 2.05) is 55.4 Å². The molecule has 2 heterocycles. The van der Waals surface area contributed by atoms with Crippen molar-refractivity contribution in [3.05, 3.63) is 42.0 Å². The van der Waals surface area contributed by atoms with Gasteiger partial charge in [0.15, 0.2) is 5.13 Å². The van der Waals surface area contributed by atoms with Crippen LogP contribution in [0.2, 0.25) is 0 Å². The highest BCUT2D eigenvalue weighted by atomic mass is 32.1. The molecular weight excluding hydrogens is 440 g/mol. The molecule has 176 valence electrons. The summed E-state index contributed by atoms with van der Waals surface area (Å²) in [6.07, 6.45) is 0. The number of hydrogen-bond donors (Lipinski definition) is 0. The molecule has 0 saturated carbocycles. The molecule has 1 aromatic heterocycles. The fourth-order valence-corrected chi connectivity index (χ4v) is 4.90. The number of rotatable bonds is 8. The predicted octanol–water partition coefficient (Wildman–Crippen LogP) is 3.36. The third kappa shape index (κ3) is 5.05. The van der Waals surface area contributed by atoms with Crippen LogP contribution in [0.4, 0.5) is 10.8 Å². The number of benzene rings is 2. The number of hydrogen-bond acceptors (Lipinski definition) is 8. The molecule has 0 aliphatic carbocycles. The molecule has 8 nitrogen and oxygen atoms in total. The molecule has 0 N–H and O–H groups in total. The number of carbonyl (C=O) groups excluding carboxylic acids is 1. The molecule has 1 amide bonds. The smallest absolute Gasteiger partial charge is 0.260 e. The normalized spacial score (nSPS) is 14.3. The Balaban J connectivity index is 1.69. The van der Waals surface area contributed by atoms with Crippen molar-refractivity contribution in [1.29, 1.82) is 0 Å². The maximum Gasteiger partial charge on any atom is 0.260 e. The van der Waals surface area contributed by atoms with E-state index < -0.39 is 0 Å². The van der Waals surface area contributed by atoms with Crippen LogP contribution in [0.3, 0.4) is 0 Å². The van der Waals surface area contributed by atoms with Crippen LogP contribution >= 0.6 is 11.3 Å². The van der Waals surface area contributed by atoms with Gasteiger partial charge in [-0.05, 0) is 36.4 Å². The first kappa shape index (κ1) is 23.3. The number of amides is 1. The molecule has 33 heavy (non-hydrogen) atoms. The maximum absolute atomic E-state index is 13.7. The lowest BCUT2D eigenvalue weighted by Gasteiger charge is -2.29. The lowest BCUT2D eigenvalue weighted by molar-refractivity contribution is 0.0391. The Labute approximate surface area is 198 Å². The molecule has 0 atom stereocenters. The monoisotopic (exact) mass is 470 g/mol. The van der Waals surface area contributed by atoms with Gasteiger partial charge in [0.2, 0.25) is 0 Å². The Morgan fingerprint density at radius 3 is 2.36 bits per heavy atom. The van der Waals surface area contributed by atoms with E-state index in [1.165, 1.54) is 11.3 Å². The highest BCUT2D eigenvalue weighted by Crippen LogP contribution is 2.40. The summed E-state index contributed by atoms with van der Waals surface area (Å²) in [6, 6.07) is 11.4. The quantitative estimate of drug-likeness (QED) is 0.500. The van der Waals surface area contributed by atoms with Crippen LogP contribution in [0.15, 0.2) is 36.4 Å². The van der Waals surface area contributed by atoms with Crippen LogP contribution in [0, 0.1) is 0 Å². The van der Waals surface area contributed by atoms with Gasteiger partial charge in [0, 0.05) is 51.5 Å². The van der Waals surface area contributed by atoms with E-state index in [0.717, 1.165) is 43.2 Å². The van der Waals surface area contributed by atoms with E-state index in [2.05, 4.69) is 4.90 Å². The molecule has 1 aliphatic heterocycles. The van der Waals surface area contributed by atoms with E-state index in [-0.39, 0.29) is 5.91 Å². The van der Waals surface area contributed by atoms with Gasteiger partial charge in [0.05, 0.1) is 27.4 Å². The second-order valence-electron chi connectivity index (χ2n) is 8.00. The van der Waals surface area contributed by atoms with Crippen LogP contribution in [0.25, 0.3) is 10.2 Å². The first-order valence-electron chi connectivity index (χ1n) is 10.9. The number of methoxy groups -OCH3 is 2. The molecule has 0 bridgehead atoms. The summed E-state index contributed by atoms with van der Waals surface area (Å²) in [7, 11) is 7.21. The number of ether oxygens (including phenoxy) is 3. The molecule has 1 aliphatic rings. The Morgan fingerprint density at radius 1 is 1.06 bits per heavy atom. The maximum atomic E-state index is 13.7. The van der Waals surface area contributed by atoms with Crippen LogP contribution in [0.1, 0.15) is 10.4 Å². The summed E-state index contributed by atoms with van der Waals surface area (Å²) in [5.41, 5.74) is 2.37. The summed E-state index contributed by atoms with van der Waals surface area (Å²) in [5.74, 6) is 1.29. The molecule has 2 aromatic carbocycles. The van der Waals surface area contributed by atoms with E-state index in [4.69, 9.17) is 19.2 Å². The molecule has 0 spiro atoms. The Hall–Kier alpha value is -2.88. The zero-order valence-electron chi connectivity index (χ0n) is 19.5. The van der Waals surface area contributed by atoms with Crippen LogP contribution in [-0.2, 0) is 4.74 Å². The molecule has 1 saturated heterocycles. The highest BCUT2D eigenvalue weighted by Gasteiger charge is 2.25. The van der Waals surface area contributed by atoms with Crippen molar-refractivity contribution in [1.82, 2.24) is 9.88 Å². The third-order valence-corrected chi connectivity index (χ3v) is 6.84. The van der Waals surface area contributed by atoms with Gasteiger partial charge in [-0.1, -0.05) is 11.3 Å². The van der Waals surface area contributed by atoms with Gasteiger partial charge in [0.25, 0.3) is 5.91 Å². The van der Waals surface area contributed by atoms with Crippen LogP contribution < -0.4 is 19.3 Å². The minimum absolute atomic E-state index is 0.0782. The largest absolute Gasteiger partial charge is 0.495 e. The van der Waals surface area contributed by atoms with E-state index in [1.54, 1.807) is 19.1 Å². The van der Waals surface area contributed by atoms with Crippen molar-refractivity contribution < 1.29 is 19.0 Å². The number of fused-ring (bicyclic) bond motifs is 1. The molecule has 3 aromatic rings. The zero-order valence-corrected chi connectivity index (χ0v) is 20.4.